The molecule has 0 radical (unpaired) electrons. The number of carbonyl (C=O) groups is 4. The number of phosphoric acid groups is 2. The average molecular weight is 1380 g/mol. The van der Waals surface area contributed by atoms with Gasteiger partial charge in [0.15, 0.2) is 12.2 Å². The molecule has 0 aliphatic heterocycles. The predicted octanol–water partition coefficient (Wildman–Crippen LogP) is 21.8. The minimum Gasteiger partial charge on any atom is -0.462 e. The van der Waals surface area contributed by atoms with Gasteiger partial charge in [0.25, 0.3) is 0 Å². The Balaban J connectivity index is 5.17. The second kappa shape index (κ2) is 65.7. The van der Waals surface area contributed by atoms with Gasteiger partial charge in [-0.1, -0.05) is 331 Å². The van der Waals surface area contributed by atoms with Crippen molar-refractivity contribution in [3.63, 3.8) is 0 Å². The first-order valence-corrected chi connectivity index (χ1v) is 41.9. The van der Waals surface area contributed by atoms with E-state index in [-0.39, 0.29) is 25.7 Å². The Hall–Kier alpha value is -1.94. The first-order valence-electron chi connectivity index (χ1n) is 38.9. The van der Waals surface area contributed by atoms with Crippen molar-refractivity contribution in [2.75, 3.05) is 39.6 Å². The quantitative estimate of drug-likeness (QED) is 0.0222. The third-order valence-electron chi connectivity index (χ3n) is 17.7. The van der Waals surface area contributed by atoms with Gasteiger partial charge in [0.1, 0.15) is 19.3 Å². The van der Waals surface area contributed by atoms with E-state index in [1.54, 1.807) is 0 Å². The number of aliphatic hydroxyl groups excluding tert-OH is 1. The van der Waals surface area contributed by atoms with E-state index in [0.717, 1.165) is 120 Å². The SMILES string of the molecule is CCCCCCCCCC(=O)OC[C@H](COP(=O)(O)OC[C@H](O)COP(=O)(O)OC[C@@H](COC(=O)CCCCCCCCCCCCCC(C)C)OC(=O)CCCCCCCCCCCCCCCCCCCCC(C)C)OC(=O)CCCCCCCCCCC(C)CC. The van der Waals surface area contributed by atoms with Gasteiger partial charge in [-0.05, 0) is 43.4 Å². The van der Waals surface area contributed by atoms with E-state index in [4.69, 9.17) is 37.0 Å². The number of aliphatic hydroxyl groups is 1. The number of hydrogen-bond donors (Lipinski definition) is 3. The Bertz CT molecular complexity index is 1840. The second-order valence-electron chi connectivity index (χ2n) is 28.2. The summed E-state index contributed by atoms with van der Waals surface area (Å²) in [5.74, 6) is 0.236. The van der Waals surface area contributed by atoms with Crippen LogP contribution in [0.4, 0.5) is 0 Å². The maximum absolute atomic E-state index is 13.1. The summed E-state index contributed by atoms with van der Waals surface area (Å²) in [5.41, 5.74) is 0. The smallest absolute Gasteiger partial charge is 0.462 e. The van der Waals surface area contributed by atoms with Crippen LogP contribution in [0.15, 0.2) is 0 Å². The average Bonchev–Trinajstić information content (AvgIpc) is 1.47. The summed E-state index contributed by atoms with van der Waals surface area (Å²) in [4.78, 5) is 72.6. The molecule has 19 heteroatoms. The minimum absolute atomic E-state index is 0.104. The molecule has 558 valence electrons. The number of esters is 4. The molecule has 17 nitrogen and oxygen atoms in total. The zero-order chi connectivity index (χ0) is 69.4. The molecule has 0 amide bonds. The maximum atomic E-state index is 13.1. The van der Waals surface area contributed by atoms with Crippen molar-refractivity contribution in [2.45, 2.75) is 401 Å². The fraction of sp³-hybridized carbons (Fsp3) is 0.947. The number of hydrogen-bond acceptors (Lipinski definition) is 15. The first-order chi connectivity index (χ1) is 45.3. The lowest BCUT2D eigenvalue weighted by Crippen LogP contribution is -2.30. The van der Waals surface area contributed by atoms with Gasteiger partial charge in [-0.15, -0.1) is 0 Å². The monoisotopic (exact) mass is 1380 g/mol. The third kappa shape index (κ3) is 67.3. The fourth-order valence-corrected chi connectivity index (χ4v) is 13.0. The van der Waals surface area contributed by atoms with Crippen LogP contribution in [-0.2, 0) is 65.4 Å². The van der Waals surface area contributed by atoms with Crippen molar-refractivity contribution in [1.29, 1.82) is 0 Å². The zero-order valence-corrected chi connectivity index (χ0v) is 63.2. The van der Waals surface area contributed by atoms with Crippen molar-refractivity contribution < 1.29 is 80.2 Å². The molecule has 0 saturated heterocycles. The summed E-state index contributed by atoms with van der Waals surface area (Å²) in [5, 5.41) is 10.6. The number of ether oxygens (including phenoxy) is 4. The lowest BCUT2D eigenvalue weighted by Gasteiger charge is -2.21. The summed E-state index contributed by atoms with van der Waals surface area (Å²) < 4.78 is 68.4. The lowest BCUT2D eigenvalue weighted by atomic mass is 9.99. The van der Waals surface area contributed by atoms with Crippen LogP contribution in [0.1, 0.15) is 382 Å². The largest absolute Gasteiger partial charge is 0.472 e. The van der Waals surface area contributed by atoms with E-state index >= 15 is 0 Å². The molecule has 0 heterocycles. The van der Waals surface area contributed by atoms with E-state index in [2.05, 4.69) is 48.5 Å². The number of phosphoric ester groups is 2. The van der Waals surface area contributed by atoms with E-state index in [0.29, 0.717) is 25.7 Å². The molecule has 0 spiro atoms. The van der Waals surface area contributed by atoms with E-state index in [1.165, 1.54) is 180 Å². The molecule has 0 bridgehead atoms. The van der Waals surface area contributed by atoms with Crippen LogP contribution in [-0.4, -0.2) is 96.7 Å². The number of carbonyl (C=O) groups excluding carboxylic acids is 4. The van der Waals surface area contributed by atoms with Crippen LogP contribution >= 0.6 is 15.6 Å². The van der Waals surface area contributed by atoms with Crippen molar-refractivity contribution in [3.8, 4) is 0 Å². The van der Waals surface area contributed by atoms with Gasteiger partial charge in [-0.25, -0.2) is 9.13 Å². The normalized spacial score (nSPS) is 14.4. The highest BCUT2D eigenvalue weighted by molar-refractivity contribution is 7.47. The Morgan fingerprint density at radius 1 is 0.309 bits per heavy atom. The molecule has 0 fully saturated rings. The van der Waals surface area contributed by atoms with E-state index in [9.17, 15) is 43.2 Å². The van der Waals surface area contributed by atoms with E-state index in [1.807, 2.05) is 0 Å². The Morgan fingerprint density at radius 3 is 0.809 bits per heavy atom. The van der Waals surface area contributed by atoms with Gasteiger partial charge in [-0.3, -0.25) is 37.3 Å². The van der Waals surface area contributed by atoms with Crippen LogP contribution in [0.2, 0.25) is 0 Å². The highest BCUT2D eigenvalue weighted by Crippen LogP contribution is 2.45. The zero-order valence-electron chi connectivity index (χ0n) is 61.4. The summed E-state index contributed by atoms with van der Waals surface area (Å²) >= 11 is 0. The molecule has 0 saturated carbocycles. The molecule has 3 unspecified atom stereocenters. The molecule has 0 aliphatic rings. The number of unbranched alkanes of at least 4 members (excludes halogenated alkanes) is 40. The fourth-order valence-electron chi connectivity index (χ4n) is 11.4. The van der Waals surface area contributed by atoms with Crippen molar-refractivity contribution >= 4 is 39.5 Å². The minimum atomic E-state index is -4.96. The molecule has 0 aromatic rings. The van der Waals surface area contributed by atoms with Gasteiger partial charge in [0.2, 0.25) is 0 Å². The van der Waals surface area contributed by atoms with Gasteiger partial charge < -0.3 is 33.8 Å². The molecule has 94 heavy (non-hydrogen) atoms. The summed E-state index contributed by atoms with van der Waals surface area (Å²) in [6, 6.07) is 0. The molecule has 0 aliphatic carbocycles. The predicted molar refractivity (Wildman–Crippen MR) is 381 cm³/mol. The molecule has 6 atom stereocenters. The first kappa shape index (κ1) is 92.1. The number of rotatable bonds is 73. The highest BCUT2D eigenvalue weighted by atomic mass is 31.2. The highest BCUT2D eigenvalue weighted by Gasteiger charge is 2.30. The summed E-state index contributed by atoms with van der Waals surface area (Å²) in [7, 11) is -9.90. The standard InChI is InChI=1S/C75H146O17P2/c1-8-10-11-12-32-42-49-56-72(77)85-62-70(92-75(80)59-52-45-38-31-30-35-41-48-55-68(7)9-2)64-89-93(81,82)87-60-69(76)61-88-94(83,84)90-65-71(63-86-73(78)57-50-43-36-28-25-21-23-27-34-40-47-54-67(5)6)91-74(79)58-51-44-37-29-24-20-18-16-14-13-15-17-19-22-26-33-39-46-53-66(3)4/h66-71,76H,8-65H2,1-7H3,(H,81,82)(H,83,84)/t68?,69-,70+,71+/m0/s1. The van der Waals surface area contributed by atoms with Gasteiger partial charge in [0, 0.05) is 25.7 Å². The van der Waals surface area contributed by atoms with Crippen LogP contribution < -0.4 is 0 Å². The Morgan fingerprint density at radius 2 is 0.543 bits per heavy atom. The van der Waals surface area contributed by atoms with Crippen LogP contribution in [0, 0.1) is 17.8 Å². The topological polar surface area (TPSA) is 237 Å². The van der Waals surface area contributed by atoms with E-state index < -0.39 is 97.5 Å². The molecule has 0 aromatic carbocycles. The maximum Gasteiger partial charge on any atom is 0.472 e. The molecule has 3 N–H and O–H groups in total. The Kier molecular flexibility index (Phi) is 64.3. The molecule has 0 aromatic heterocycles. The van der Waals surface area contributed by atoms with Crippen molar-refractivity contribution in [1.82, 2.24) is 0 Å². The molecule has 0 rings (SSSR count). The second-order valence-corrected chi connectivity index (χ2v) is 31.1. The summed E-state index contributed by atoms with van der Waals surface area (Å²) in [6.07, 6.45) is 51.5. The third-order valence-corrected chi connectivity index (χ3v) is 19.6. The van der Waals surface area contributed by atoms with Crippen LogP contribution in [0.3, 0.4) is 0 Å². The van der Waals surface area contributed by atoms with Crippen molar-refractivity contribution in [3.05, 3.63) is 0 Å². The van der Waals surface area contributed by atoms with Crippen LogP contribution in [0.5, 0.6) is 0 Å². The van der Waals surface area contributed by atoms with Gasteiger partial charge in [-0.2, -0.15) is 0 Å². The Labute approximate surface area is 575 Å². The molecular formula is C75H146O17P2. The van der Waals surface area contributed by atoms with Crippen molar-refractivity contribution in [2.24, 2.45) is 17.8 Å². The van der Waals surface area contributed by atoms with Gasteiger partial charge >= 0.3 is 39.5 Å². The lowest BCUT2D eigenvalue weighted by molar-refractivity contribution is -0.161. The van der Waals surface area contributed by atoms with Crippen LogP contribution in [0.25, 0.3) is 0 Å². The summed E-state index contributed by atoms with van der Waals surface area (Å²) in [6.45, 7) is 11.9. The van der Waals surface area contributed by atoms with Gasteiger partial charge in [0.05, 0.1) is 26.4 Å². The molecular weight excluding hydrogens is 1230 g/mol.